The number of nitriles is 2. The van der Waals surface area contributed by atoms with Gasteiger partial charge in [-0.25, -0.2) is 16.8 Å². The molecule has 0 aliphatic rings. The van der Waals surface area contributed by atoms with Gasteiger partial charge in [-0.1, -0.05) is 12.2 Å². The monoisotopic (exact) mass is 288 g/mol. The van der Waals surface area contributed by atoms with Gasteiger partial charge in [-0.2, -0.15) is 10.5 Å². The molecule has 0 saturated heterocycles. The first-order chi connectivity index (χ1) is 8.33. The molecule has 0 spiro atoms. The number of sulfone groups is 2. The fourth-order valence-corrected chi connectivity index (χ4v) is 2.53. The molecule has 0 unspecified atom stereocenters. The van der Waals surface area contributed by atoms with E-state index in [0.29, 0.717) is 0 Å². The number of hydrogen-bond donors (Lipinski definition) is 0. The van der Waals surface area contributed by atoms with Crippen LogP contribution in [0.4, 0.5) is 0 Å². The van der Waals surface area contributed by atoms with Gasteiger partial charge in [0, 0.05) is 23.7 Å². The van der Waals surface area contributed by atoms with E-state index in [1.807, 2.05) is 0 Å². The third kappa shape index (κ3) is 8.50. The zero-order valence-electron chi connectivity index (χ0n) is 9.48. The van der Waals surface area contributed by atoms with Gasteiger partial charge < -0.3 is 0 Å². The van der Waals surface area contributed by atoms with Crippen molar-refractivity contribution in [2.24, 2.45) is 0 Å². The Morgan fingerprint density at radius 1 is 0.778 bits per heavy atom. The van der Waals surface area contributed by atoms with Crippen molar-refractivity contribution < 1.29 is 16.8 Å². The summed E-state index contributed by atoms with van der Waals surface area (Å²) in [5.41, 5.74) is 0. The summed E-state index contributed by atoms with van der Waals surface area (Å²) in [6.07, 6.45) is 1.93. The highest BCUT2D eigenvalue weighted by Crippen LogP contribution is 1.99. The molecule has 0 fully saturated rings. The molecule has 8 heteroatoms. The zero-order chi connectivity index (χ0) is 14.1. The average Bonchev–Trinajstić information content (AvgIpc) is 2.30. The SMILES string of the molecule is N#CCCS(=O)(=O)C=CC=CS(=O)(=O)CCC#N. The van der Waals surface area contributed by atoms with Gasteiger partial charge in [0.15, 0.2) is 19.7 Å². The number of rotatable bonds is 7. The lowest BCUT2D eigenvalue weighted by molar-refractivity contribution is 0.602. The van der Waals surface area contributed by atoms with Crippen LogP contribution in [0.15, 0.2) is 23.0 Å². The predicted octanol–water partition coefficient (Wildman–Crippen LogP) is 0.671. The zero-order valence-corrected chi connectivity index (χ0v) is 11.1. The Morgan fingerprint density at radius 3 is 1.39 bits per heavy atom. The summed E-state index contributed by atoms with van der Waals surface area (Å²) in [7, 11) is -6.96. The average molecular weight is 288 g/mol. The molecule has 0 aromatic heterocycles. The van der Waals surface area contributed by atoms with Crippen LogP contribution in [0.1, 0.15) is 12.8 Å². The normalized spacial score (nSPS) is 12.6. The second-order valence-electron chi connectivity index (χ2n) is 3.21. The van der Waals surface area contributed by atoms with Crippen molar-refractivity contribution in [3.05, 3.63) is 23.0 Å². The molecule has 0 saturated carbocycles. The Kier molecular flexibility index (Phi) is 6.94. The third-order valence-corrected chi connectivity index (χ3v) is 4.37. The molecule has 0 aliphatic heterocycles. The lowest BCUT2D eigenvalue weighted by Gasteiger charge is -1.92. The van der Waals surface area contributed by atoms with Crippen LogP contribution < -0.4 is 0 Å². The lowest BCUT2D eigenvalue weighted by Crippen LogP contribution is -2.01. The van der Waals surface area contributed by atoms with Gasteiger partial charge in [-0.3, -0.25) is 0 Å². The summed E-state index contributed by atoms with van der Waals surface area (Å²) in [6.45, 7) is 0. The van der Waals surface area contributed by atoms with E-state index in [4.69, 9.17) is 10.5 Å². The van der Waals surface area contributed by atoms with Gasteiger partial charge in [0.2, 0.25) is 0 Å². The van der Waals surface area contributed by atoms with E-state index in [1.54, 1.807) is 12.1 Å². The first-order valence-electron chi connectivity index (χ1n) is 4.87. The molecule has 0 aromatic rings. The Bertz CT molecular complexity index is 545. The van der Waals surface area contributed by atoms with E-state index in [-0.39, 0.29) is 24.3 Å². The van der Waals surface area contributed by atoms with Crippen molar-refractivity contribution in [1.82, 2.24) is 0 Å². The Hall–Kier alpha value is -1.64. The minimum Gasteiger partial charge on any atom is -0.224 e. The minimum atomic E-state index is -3.48. The van der Waals surface area contributed by atoms with E-state index < -0.39 is 19.7 Å². The molecule has 0 atom stereocenters. The molecular formula is C10H12N2O4S2. The van der Waals surface area contributed by atoms with Crippen molar-refractivity contribution in [2.75, 3.05) is 11.5 Å². The predicted molar refractivity (Wildman–Crippen MR) is 66.3 cm³/mol. The minimum absolute atomic E-state index is 0.114. The van der Waals surface area contributed by atoms with E-state index in [9.17, 15) is 16.8 Å². The molecule has 18 heavy (non-hydrogen) atoms. The van der Waals surface area contributed by atoms with E-state index in [1.165, 1.54) is 0 Å². The molecule has 0 heterocycles. The summed E-state index contributed by atoms with van der Waals surface area (Å²) in [6, 6.07) is 3.41. The van der Waals surface area contributed by atoms with Crippen LogP contribution in [0.2, 0.25) is 0 Å². The fraction of sp³-hybridized carbons (Fsp3) is 0.400. The van der Waals surface area contributed by atoms with Crippen molar-refractivity contribution >= 4 is 19.7 Å². The van der Waals surface area contributed by atoms with E-state index >= 15 is 0 Å². The smallest absolute Gasteiger partial charge is 0.172 e. The highest BCUT2D eigenvalue weighted by molar-refractivity contribution is 7.94. The largest absolute Gasteiger partial charge is 0.224 e. The maximum absolute atomic E-state index is 11.2. The van der Waals surface area contributed by atoms with Crippen LogP contribution in [0.3, 0.4) is 0 Å². The van der Waals surface area contributed by atoms with Crippen LogP contribution in [-0.2, 0) is 19.7 Å². The van der Waals surface area contributed by atoms with Crippen LogP contribution in [0.25, 0.3) is 0 Å². The van der Waals surface area contributed by atoms with Gasteiger partial charge in [0.25, 0.3) is 0 Å². The van der Waals surface area contributed by atoms with Crippen molar-refractivity contribution in [2.45, 2.75) is 12.8 Å². The first kappa shape index (κ1) is 16.4. The molecule has 6 nitrogen and oxygen atoms in total. The van der Waals surface area contributed by atoms with Gasteiger partial charge in [0.05, 0.1) is 23.6 Å². The quantitative estimate of drug-likeness (QED) is 0.636. The van der Waals surface area contributed by atoms with Gasteiger partial charge >= 0.3 is 0 Å². The standard InChI is InChI=1S/C10H12N2O4S2/c11-5-3-9-17(13,14)7-1-2-8-18(15,16)10-4-6-12/h1-2,7-8H,3-4,9-10H2. The molecule has 0 bridgehead atoms. The molecule has 0 N–H and O–H groups in total. The second kappa shape index (κ2) is 7.64. The van der Waals surface area contributed by atoms with Crippen LogP contribution in [0.5, 0.6) is 0 Å². The van der Waals surface area contributed by atoms with Crippen LogP contribution in [-0.4, -0.2) is 28.3 Å². The van der Waals surface area contributed by atoms with Gasteiger partial charge in [-0.15, -0.1) is 0 Å². The van der Waals surface area contributed by atoms with Crippen molar-refractivity contribution in [3.63, 3.8) is 0 Å². The molecule has 0 rings (SSSR count). The Labute approximate surface area is 107 Å². The molecule has 98 valence electrons. The molecule has 0 amide bonds. The topological polar surface area (TPSA) is 116 Å². The first-order valence-corrected chi connectivity index (χ1v) is 8.30. The second-order valence-corrected chi connectivity index (χ2v) is 7.22. The molecule has 0 radical (unpaired) electrons. The number of allylic oxidation sites excluding steroid dienone is 2. The Balaban J connectivity index is 4.50. The maximum atomic E-state index is 11.2. The molecular weight excluding hydrogens is 276 g/mol. The Morgan fingerprint density at radius 2 is 1.11 bits per heavy atom. The third-order valence-electron chi connectivity index (χ3n) is 1.68. The van der Waals surface area contributed by atoms with Gasteiger partial charge in [-0.05, 0) is 0 Å². The van der Waals surface area contributed by atoms with E-state index in [2.05, 4.69) is 0 Å². The highest BCUT2D eigenvalue weighted by Gasteiger charge is 2.05. The summed E-state index contributed by atoms with van der Waals surface area (Å²) in [5, 5.41) is 18.2. The maximum Gasteiger partial charge on any atom is 0.172 e. The highest BCUT2D eigenvalue weighted by atomic mass is 32.2. The lowest BCUT2D eigenvalue weighted by atomic mass is 10.6. The van der Waals surface area contributed by atoms with Crippen LogP contribution in [0, 0.1) is 22.7 Å². The summed E-state index contributed by atoms with van der Waals surface area (Å²) < 4.78 is 44.9. The summed E-state index contributed by atoms with van der Waals surface area (Å²) >= 11 is 0. The van der Waals surface area contributed by atoms with Gasteiger partial charge in [0.1, 0.15) is 0 Å². The summed E-state index contributed by atoms with van der Waals surface area (Å²) in [4.78, 5) is 0. The fourth-order valence-electron chi connectivity index (χ4n) is 0.842. The van der Waals surface area contributed by atoms with Crippen LogP contribution >= 0.6 is 0 Å². The summed E-state index contributed by atoms with van der Waals surface area (Å²) in [5.74, 6) is -0.593. The van der Waals surface area contributed by atoms with Crippen molar-refractivity contribution in [1.29, 1.82) is 10.5 Å². The van der Waals surface area contributed by atoms with E-state index in [0.717, 1.165) is 23.0 Å². The number of hydrogen-bond acceptors (Lipinski definition) is 6. The van der Waals surface area contributed by atoms with Crippen molar-refractivity contribution in [3.8, 4) is 12.1 Å². The molecule has 0 aromatic carbocycles. The number of nitrogens with zero attached hydrogens (tertiary/aromatic N) is 2. The molecule has 0 aliphatic carbocycles.